The predicted octanol–water partition coefficient (Wildman–Crippen LogP) is -1.22. The third kappa shape index (κ3) is 1.17. The maximum atomic E-state index is 11.8. The number of carbonyl (C=O) groups excluding carboxylic acids is 2. The van der Waals surface area contributed by atoms with E-state index in [1.807, 2.05) is 0 Å². The third-order valence-electron chi connectivity index (χ3n) is 3.91. The van der Waals surface area contributed by atoms with Crippen LogP contribution in [0.15, 0.2) is 0 Å². The first-order chi connectivity index (χ1) is 7.81. The van der Waals surface area contributed by atoms with Crippen LogP contribution in [-0.4, -0.2) is 47.3 Å². The molecule has 4 atom stereocenters. The van der Waals surface area contributed by atoms with E-state index in [1.54, 1.807) is 27.8 Å². The van der Waals surface area contributed by atoms with Crippen molar-refractivity contribution in [1.29, 1.82) is 0 Å². The molecule has 2 unspecified atom stereocenters. The van der Waals surface area contributed by atoms with Gasteiger partial charge in [-0.1, -0.05) is 13.8 Å². The summed E-state index contributed by atoms with van der Waals surface area (Å²) in [6.07, 6.45) is -0.962. The van der Waals surface area contributed by atoms with Gasteiger partial charge in [0.25, 0.3) is 0 Å². The number of hydrogen-bond acceptors (Lipinski definition) is 5. The van der Waals surface area contributed by atoms with Crippen LogP contribution in [0.2, 0.25) is 0 Å². The van der Waals surface area contributed by atoms with Crippen molar-refractivity contribution < 1.29 is 19.4 Å². The highest BCUT2D eigenvalue weighted by Crippen LogP contribution is 2.48. The van der Waals surface area contributed by atoms with Crippen molar-refractivity contribution in [3.8, 4) is 0 Å². The van der Waals surface area contributed by atoms with Crippen molar-refractivity contribution in [2.24, 2.45) is 5.92 Å². The number of ether oxygens (including phenoxy) is 1. The van der Waals surface area contributed by atoms with Crippen LogP contribution in [0.1, 0.15) is 20.8 Å². The molecule has 2 saturated heterocycles. The number of aliphatic hydroxyl groups excluding tert-OH is 1. The minimum absolute atomic E-state index is 0.155. The molecule has 17 heavy (non-hydrogen) atoms. The summed E-state index contributed by atoms with van der Waals surface area (Å²) in [5, 5.41) is 15.7. The Morgan fingerprint density at radius 3 is 2.47 bits per heavy atom. The van der Waals surface area contributed by atoms with Crippen LogP contribution in [0.4, 0.5) is 0 Å². The number of likely N-dealkylation sites (N-methyl/N-ethyl adjacent to an activating group) is 1. The summed E-state index contributed by atoms with van der Waals surface area (Å²) < 4.78 is 5.15. The van der Waals surface area contributed by atoms with E-state index >= 15 is 0 Å². The quantitative estimate of drug-likeness (QED) is 0.540. The van der Waals surface area contributed by atoms with E-state index in [0.717, 1.165) is 0 Å². The smallest absolute Gasteiger partial charge is 0.339 e. The van der Waals surface area contributed by atoms with Gasteiger partial charge in [0, 0.05) is 0 Å². The summed E-state index contributed by atoms with van der Waals surface area (Å²) in [5.41, 5.74) is -2.34. The lowest BCUT2D eigenvalue weighted by Gasteiger charge is -2.53. The van der Waals surface area contributed by atoms with Gasteiger partial charge in [0.05, 0.1) is 6.10 Å². The van der Waals surface area contributed by atoms with Crippen LogP contribution in [0.5, 0.6) is 0 Å². The largest absolute Gasteiger partial charge is 0.452 e. The van der Waals surface area contributed by atoms with E-state index in [1.165, 1.54) is 0 Å². The lowest BCUT2D eigenvalue weighted by atomic mass is 9.68. The normalized spacial score (nSPS) is 41.6. The molecule has 0 bridgehead atoms. The lowest BCUT2D eigenvalue weighted by Crippen LogP contribution is -2.81. The van der Waals surface area contributed by atoms with Gasteiger partial charge in [0.2, 0.25) is 11.4 Å². The molecule has 0 saturated carbocycles. The SMILES string of the molecule is CNC1C(=O)NC2([C@@H](O)C(C)C)C(=O)O[C@@]12C. The molecule has 96 valence electrons. The van der Waals surface area contributed by atoms with E-state index < -0.39 is 29.3 Å². The molecule has 6 nitrogen and oxygen atoms in total. The summed E-state index contributed by atoms with van der Waals surface area (Å²) in [7, 11) is 1.62. The zero-order valence-electron chi connectivity index (χ0n) is 10.4. The highest BCUT2D eigenvalue weighted by Gasteiger charge is 2.79. The Labute approximate surface area is 99.7 Å². The average Bonchev–Trinajstić information content (AvgIpc) is 2.41. The summed E-state index contributed by atoms with van der Waals surface area (Å²) in [6, 6.07) is -0.631. The molecular formula is C11H18N2O4. The summed E-state index contributed by atoms with van der Waals surface area (Å²) >= 11 is 0. The van der Waals surface area contributed by atoms with Crippen molar-refractivity contribution in [2.45, 2.75) is 44.1 Å². The summed E-state index contributed by atoms with van der Waals surface area (Å²) in [6.45, 7) is 5.26. The zero-order valence-corrected chi connectivity index (χ0v) is 10.4. The molecule has 0 aromatic heterocycles. The van der Waals surface area contributed by atoms with Gasteiger partial charge in [-0.3, -0.25) is 4.79 Å². The van der Waals surface area contributed by atoms with Gasteiger partial charge in [-0.25, -0.2) is 4.79 Å². The van der Waals surface area contributed by atoms with Crippen LogP contribution in [0.3, 0.4) is 0 Å². The van der Waals surface area contributed by atoms with Gasteiger partial charge >= 0.3 is 5.97 Å². The first kappa shape index (κ1) is 12.3. The highest BCUT2D eigenvalue weighted by atomic mass is 16.6. The molecule has 2 fully saturated rings. The number of rotatable bonds is 3. The molecule has 2 rings (SSSR count). The van der Waals surface area contributed by atoms with Crippen molar-refractivity contribution in [1.82, 2.24) is 10.6 Å². The number of hydrogen-bond donors (Lipinski definition) is 3. The van der Waals surface area contributed by atoms with Gasteiger partial charge in [0.15, 0.2) is 5.60 Å². The number of aliphatic hydroxyl groups is 1. The predicted molar refractivity (Wildman–Crippen MR) is 59.1 cm³/mol. The Bertz CT molecular complexity index is 384. The second kappa shape index (κ2) is 3.43. The summed E-state index contributed by atoms with van der Waals surface area (Å²) in [5.74, 6) is -1.04. The fraction of sp³-hybridized carbons (Fsp3) is 0.818. The van der Waals surface area contributed by atoms with Gasteiger partial charge in [-0.05, 0) is 19.9 Å². The molecule has 3 N–H and O–H groups in total. The Morgan fingerprint density at radius 2 is 2.06 bits per heavy atom. The number of esters is 1. The van der Waals surface area contributed by atoms with Gasteiger partial charge in [-0.15, -0.1) is 0 Å². The van der Waals surface area contributed by atoms with Gasteiger partial charge in [-0.2, -0.15) is 0 Å². The van der Waals surface area contributed by atoms with Crippen LogP contribution in [-0.2, 0) is 14.3 Å². The number of amides is 1. The van der Waals surface area contributed by atoms with Crippen LogP contribution >= 0.6 is 0 Å². The molecule has 0 aromatic carbocycles. The Hall–Kier alpha value is -1.14. The van der Waals surface area contributed by atoms with E-state index in [9.17, 15) is 14.7 Å². The van der Waals surface area contributed by atoms with Crippen molar-refractivity contribution in [3.63, 3.8) is 0 Å². The van der Waals surface area contributed by atoms with E-state index in [0.29, 0.717) is 0 Å². The first-order valence-electron chi connectivity index (χ1n) is 5.72. The molecule has 0 aromatic rings. The monoisotopic (exact) mass is 242 g/mol. The minimum atomic E-state index is -1.31. The topological polar surface area (TPSA) is 87.7 Å². The standard InChI is InChI=1S/C11H18N2O4/c1-5(2)7(14)11-9(16)17-10(11,3)6(12-4)8(15)13-11/h5-7,12,14H,1-4H3,(H,13,15)/t6?,7-,10-,11?/m0/s1. The molecule has 6 heteroatoms. The Morgan fingerprint density at radius 1 is 1.47 bits per heavy atom. The fourth-order valence-corrected chi connectivity index (χ4v) is 2.88. The summed E-state index contributed by atoms with van der Waals surface area (Å²) in [4.78, 5) is 23.6. The first-order valence-corrected chi connectivity index (χ1v) is 5.72. The van der Waals surface area contributed by atoms with Crippen LogP contribution in [0.25, 0.3) is 0 Å². The molecule has 0 aliphatic carbocycles. The molecule has 2 heterocycles. The fourth-order valence-electron chi connectivity index (χ4n) is 2.88. The molecule has 0 radical (unpaired) electrons. The molecule has 0 spiro atoms. The van der Waals surface area contributed by atoms with Crippen LogP contribution in [0, 0.1) is 5.92 Å². The second-order valence-corrected chi connectivity index (χ2v) is 5.20. The molecule has 2 aliphatic heterocycles. The van der Waals surface area contributed by atoms with Crippen molar-refractivity contribution in [2.75, 3.05) is 7.05 Å². The maximum Gasteiger partial charge on any atom is 0.339 e. The second-order valence-electron chi connectivity index (χ2n) is 5.20. The lowest BCUT2D eigenvalue weighted by molar-refractivity contribution is -0.233. The Balaban J connectivity index is 2.45. The molecular weight excluding hydrogens is 224 g/mol. The van der Waals surface area contributed by atoms with Gasteiger partial charge < -0.3 is 20.5 Å². The zero-order chi connectivity index (χ0) is 13.0. The van der Waals surface area contributed by atoms with Crippen LogP contribution < -0.4 is 10.6 Å². The maximum absolute atomic E-state index is 11.8. The third-order valence-corrected chi connectivity index (χ3v) is 3.91. The molecule has 1 amide bonds. The van der Waals surface area contributed by atoms with Gasteiger partial charge in [0.1, 0.15) is 6.04 Å². The molecule has 2 aliphatic rings. The number of fused-ring (bicyclic) bond motifs is 1. The number of nitrogens with one attached hydrogen (secondary N) is 2. The van der Waals surface area contributed by atoms with E-state index in [4.69, 9.17) is 4.74 Å². The minimum Gasteiger partial charge on any atom is -0.452 e. The van der Waals surface area contributed by atoms with Crippen molar-refractivity contribution in [3.05, 3.63) is 0 Å². The average molecular weight is 242 g/mol. The number of carbonyl (C=O) groups is 2. The van der Waals surface area contributed by atoms with Crippen molar-refractivity contribution >= 4 is 11.9 Å². The Kier molecular flexibility index (Phi) is 2.48. The van der Waals surface area contributed by atoms with E-state index in [-0.39, 0.29) is 11.8 Å². The highest BCUT2D eigenvalue weighted by molar-refractivity contribution is 6.03. The van der Waals surface area contributed by atoms with E-state index in [2.05, 4.69) is 10.6 Å².